The SMILES string of the molecule is Cc1cccc(C)c1OCC(O)CNCc1ccncc1. The van der Waals surface area contributed by atoms with Gasteiger partial charge in [-0.25, -0.2) is 0 Å². The minimum absolute atomic E-state index is 0.287. The maximum atomic E-state index is 9.97. The van der Waals surface area contributed by atoms with Gasteiger partial charge in [0.25, 0.3) is 0 Å². The first-order valence-corrected chi connectivity index (χ1v) is 7.13. The van der Waals surface area contributed by atoms with E-state index in [9.17, 15) is 5.11 Å². The van der Waals surface area contributed by atoms with Crippen LogP contribution in [-0.2, 0) is 6.54 Å². The van der Waals surface area contributed by atoms with Gasteiger partial charge in [-0.1, -0.05) is 18.2 Å². The highest BCUT2D eigenvalue weighted by Crippen LogP contribution is 2.22. The smallest absolute Gasteiger partial charge is 0.125 e. The minimum atomic E-state index is -0.536. The Morgan fingerprint density at radius 1 is 1.14 bits per heavy atom. The normalized spacial score (nSPS) is 12.1. The van der Waals surface area contributed by atoms with Crippen LogP contribution >= 0.6 is 0 Å². The van der Waals surface area contributed by atoms with E-state index >= 15 is 0 Å². The van der Waals surface area contributed by atoms with Crippen LogP contribution in [0.4, 0.5) is 0 Å². The maximum Gasteiger partial charge on any atom is 0.125 e. The van der Waals surface area contributed by atoms with Gasteiger partial charge in [-0.3, -0.25) is 4.98 Å². The third-order valence-electron chi connectivity index (χ3n) is 3.29. The summed E-state index contributed by atoms with van der Waals surface area (Å²) < 4.78 is 5.73. The standard InChI is InChI=1S/C17H22N2O2/c1-13-4-3-5-14(2)17(13)21-12-16(20)11-19-10-15-6-8-18-9-7-15/h3-9,16,19-20H,10-12H2,1-2H3. The lowest BCUT2D eigenvalue weighted by Gasteiger charge is -2.16. The number of nitrogens with zero attached hydrogens (tertiary/aromatic N) is 1. The molecule has 0 fully saturated rings. The van der Waals surface area contributed by atoms with Crippen LogP contribution in [0.1, 0.15) is 16.7 Å². The number of benzene rings is 1. The monoisotopic (exact) mass is 286 g/mol. The van der Waals surface area contributed by atoms with E-state index < -0.39 is 6.10 Å². The molecular formula is C17H22N2O2. The summed E-state index contributed by atoms with van der Waals surface area (Å²) in [5.41, 5.74) is 3.33. The van der Waals surface area contributed by atoms with E-state index in [4.69, 9.17) is 4.74 Å². The molecule has 112 valence electrons. The molecule has 1 aromatic heterocycles. The van der Waals surface area contributed by atoms with Crippen LogP contribution < -0.4 is 10.1 Å². The van der Waals surface area contributed by atoms with E-state index in [1.807, 2.05) is 44.2 Å². The van der Waals surface area contributed by atoms with Crippen LogP contribution in [0, 0.1) is 13.8 Å². The summed E-state index contributed by atoms with van der Waals surface area (Å²) >= 11 is 0. The highest BCUT2D eigenvalue weighted by molar-refractivity contribution is 5.39. The summed E-state index contributed by atoms with van der Waals surface area (Å²) in [6.07, 6.45) is 2.99. The van der Waals surface area contributed by atoms with Crippen molar-refractivity contribution in [2.45, 2.75) is 26.5 Å². The molecule has 2 N–H and O–H groups in total. The second-order valence-corrected chi connectivity index (χ2v) is 5.17. The van der Waals surface area contributed by atoms with Gasteiger partial charge >= 0.3 is 0 Å². The molecule has 4 heteroatoms. The van der Waals surface area contributed by atoms with Crippen molar-refractivity contribution in [3.8, 4) is 5.75 Å². The average Bonchev–Trinajstić information content (AvgIpc) is 2.48. The van der Waals surface area contributed by atoms with Crippen molar-refractivity contribution in [2.75, 3.05) is 13.2 Å². The molecule has 2 aromatic rings. The number of aliphatic hydroxyl groups is 1. The fourth-order valence-corrected chi connectivity index (χ4v) is 2.15. The quantitative estimate of drug-likeness (QED) is 0.819. The number of ether oxygens (including phenoxy) is 1. The van der Waals surface area contributed by atoms with Crippen LogP contribution in [0.3, 0.4) is 0 Å². The number of pyridine rings is 1. The number of hydrogen-bond donors (Lipinski definition) is 2. The number of nitrogens with one attached hydrogen (secondary N) is 1. The predicted octanol–water partition coefficient (Wildman–Crippen LogP) is 2.23. The Morgan fingerprint density at radius 3 is 2.48 bits per heavy atom. The van der Waals surface area contributed by atoms with Crippen LogP contribution in [0.25, 0.3) is 0 Å². The van der Waals surface area contributed by atoms with Crippen molar-refractivity contribution in [2.24, 2.45) is 0 Å². The van der Waals surface area contributed by atoms with E-state index in [1.54, 1.807) is 12.4 Å². The van der Waals surface area contributed by atoms with Gasteiger partial charge in [-0.2, -0.15) is 0 Å². The van der Waals surface area contributed by atoms with Crippen LogP contribution in [0.15, 0.2) is 42.7 Å². The number of hydrogen-bond acceptors (Lipinski definition) is 4. The maximum absolute atomic E-state index is 9.97. The zero-order valence-corrected chi connectivity index (χ0v) is 12.5. The molecule has 0 spiro atoms. The summed E-state index contributed by atoms with van der Waals surface area (Å²) in [4.78, 5) is 3.97. The molecule has 1 heterocycles. The lowest BCUT2D eigenvalue weighted by Crippen LogP contribution is -2.31. The highest BCUT2D eigenvalue weighted by Gasteiger charge is 2.08. The first-order valence-electron chi connectivity index (χ1n) is 7.13. The first-order chi connectivity index (χ1) is 10.2. The van der Waals surface area contributed by atoms with Crippen molar-refractivity contribution < 1.29 is 9.84 Å². The molecule has 0 amide bonds. The lowest BCUT2D eigenvalue weighted by atomic mass is 10.1. The molecule has 0 radical (unpaired) electrons. The molecule has 0 saturated carbocycles. The fraction of sp³-hybridized carbons (Fsp3) is 0.353. The number of rotatable bonds is 7. The van der Waals surface area contributed by atoms with Gasteiger partial charge in [0.15, 0.2) is 0 Å². The molecule has 0 aliphatic heterocycles. The molecule has 4 nitrogen and oxygen atoms in total. The third-order valence-corrected chi connectivity index (χ3v) is 3.29. The minimum Gasteiger partial charge on any atom is -0.490 e. The van der Waals surface area contributed by atoms with Crippen molar-refractivity contribution in [1.82, 2.24) is 10.3 Å². The topological polar surface area (TPSA) is 54.4 Å². The summed E-state index contributed by atoms with van der Waals surface area (Å²) in [5, 5.41) is 13.2. The molecule has 0 bridgehead atoms. The van der Waals surface area contributed by atoms with Crippen LogP contribution in [-0.4, -0.2) is 29.3 Å². The Hall–Kier alpha value is -1.91. The van der Waals surface area contributed by atoms with Gasteiger partial charge in [-0.15, -0.1) is 0 Å². The zero-order valence-electron chi connectivity index (χ0n) is 12.5. The summed E-state index contributed by atoms with van der Waals surface area (Å²) in [6.45, 7) is 5.51. The largest absolute Gasteiger partial charge is 0.490 e. The van der Waals surface area contributed by atoms with E-state index in [2.05, 4.69) is 10.3 Å². The first kappa shape index (κ1) is 15.5. The number of para-hydroxylation sites is 1. The van der Waals surface area contributed by atoms with Crippen molar-refractivity contribution in [1.29, 1.82) is 0 Å². The molecular weight excluding hydrogens is 264 g/mol. The Morgan fingerprint density at radius 2 is 1.81 bits per heavy atom. The third kappa shape index (κ3) is 4.85. The summed E-state index contributed by atoms with van der Waals surface area (Å²) in [5.74, 6) is 0.866. The van der Waals surface area contributed by atoms with Gasteiger partial charge in [0.2, 0.25) is 0 Å². The number of aliphatic hydroxyl groups excluding tert-OH is 1. The molecule has 1 aromatic carbocycles. The van der Waals surface area contributed by atoms with Crippen LogP contribution in [0.5, 0.6) is 5.75 Å². The molecule has 0 aliphatic rings. The zero-order chi connectivity index (χ0) is 15.1. The van der Waals surface area contributed by atoms with Gasteiger partial charge in [0, 0.05) is 25.5 Å². The molecule has 2 rings (SSSR count). The fourth-order valence-electron chi connectivity index (χ4n) is 2.15. The van der Waals surface area contributed by atoms with E-state index in [1.165, 1.54) is 0 Å². The molecule has 0 aliphatic carbocycles. The summed E-state index contributed by atoms with van der Waals surface area (Å²) in [6, 6.07) is 9.93. The van der Waals surface area contributed by atoms with E-state index in [0.717, 1.165) is 22.4 Å². The van der Waals surface area contributed by atoms with Crippen molar-refractivity contribution >= 4 is 0 Å². The molecule has 1 unspecified atom stereocenters. The Balaban J connectivity index is 1.74. The van der Waals surface area contributed by atoms with Crippen molar-refractivity contribution in [3.05, 3.63) is 59.4 Å². The Labute approximate surface area is 125 Å². The van der Waals surface area contributed by atoms with Gasteiger partial charge in [0.05, 0.1) is 0 Å². The second-order valence-electron chi connectivity index (χ2n) is 5.17. The Kier molecular flexibility index (Phi) is 5.72. The molecule has 21 heavy (non-hydrogen) atoms. The summed E-state index contributed by atoms with van der Waals surface area (Å²) in [7, 11) is 0. The van der Waals surface area contributed by atoms with Gasteiger partial charge in [0.1, 0.15) is 18.5 Å². The molecule has 1 atom stereocenters. The predicted molar refractivity (Wildman–Crippen MR) is 83.4 cm³/mol. The van der Waals surface area contributed by atoms with E-state index in [0.29, 0.717) is 13.1 Å². The lowest BCUT2D eigenvalue weighted by molar-refractivity contribution is 0.105. The van der Waals surface area contributed by atoms with Gasteiger partial charge < -0.3 is 15.2 Å². The Bertz CT molecular complexity index is 538. The van der Waals surface area contributed by atoms with Crippen LogP contribution in [0.2, 0.25) is 0 Å². The number of aromatic nitrogens is 1. The second kappa shape index (κ2) is 7.76. The van der Waals surface area contributed by atoms with E-state index in [-0.39, 0.29) is 6.61 Å². The molecule has 0 saturated heterocycles. The number of aryl methyl sites for hydroxylation is 2. The van der Waals surface area contributed by atoms with Gasteiger partial charge in [-0.05, 0) is 42.7 Å². The average molecular weight is 286 g/mol. The van der Waals surface area contributed by atoms with Crippen molar-refractivity contribution in [3.63, 3.8) is 0 Å². The highest BCUT2D eigenvalue weighted by atomic mass is 16.5.